The van der Waals surface area contributed by atoms with E-state index in [4.69, 9.17) is 20.9 Å². The first-order valence-electron chi connectivity index (χ1n) is 13.7. The molecule has 0 aromatic carbocycles. The Kier molecular flexibility index (Phi) is 7.81. The van der Waals surface area contributed by atoms with Crippen molar-refractivity contribution >= 4 is 17.3 Å². The van der Waals surface area contributed by atoms with E-state index in [2.05, 4.69) is 15.8 Å². The second-order valence-electron chi connectivity index (χ2n) is 11.3. The number of aliphatic hydroxyl groups is 1. The van der Waals surface area contributed by atoms with E-state index in [-0.39, 0.29) is 24.7 Å². The minimum absolute atomic E-state index is 0.0148. The van der Waals surface area contributed by atoms with Gasteiger partial charge in [0.2, 0.25) is 5.91 Å². The number of hydrogen-bond acceptors (Lipinski definition) is 9. The first kappa shape index (κ1) is 27.4. The molecule has 0 saturated heterocycles. The van der Waals surface area contributed by atoms with E-state index in [1.54, 1.807) is 31.3 Å². The van der Waals surface area contributed by atoms with Crippen LogP contribution in [0.4, 0.5) is 0 Å². The van der Waals surface area contributed by atoms with Crippen molar-refractivity contribution in [1.82, 2.24) is 25.4 Å². The molecule has 39 heavy (non-hydrogen) atoms. The van der Waals surface area contributed by atoms with Crippen LogP contribution in [-0.2, 0) is 9.53 Å². The van der Waals surface area contributed by atoms with Crippen molar-refractivity contribution < 1.29 is 24.2 Å². The second kappa shape index (κ2) is 11.1. The zero-order chi connectivity index (χ0) is 27.7. The number of carbonyl (C=O) groups is 2. The van der Waals surface area contributed by atoms with Crippen molar-refractivity contribution in [1.29, 1.82) is 0 Å². The van der Waals surface area contributed by atoms with Gasteiger partial charge in [-0.3, -0.25) is 9.59 Å². The van der Waals surface area contributed by atoms with E-state index in [9.17, 15) is 14.7 Å². The van der Waals surface area contributed by atoms with Crippen LogP contribution in [0.3, 0.4) is 0 Å². The second-order valence-corrected chi connectivity index (χ2v) is 11.3. The van der Waals surface area contributed by atoms with Crippen molar-refractivity contribution in [2.45, 2.75) is 82.3 Å². The van der Waals surface area contributed by atoms with Gasteiger partial charge in [-0.1, -0.05) is 0 Å². The van der Waals surface area contributed by atoms with Crippen LogP contribution in [0, 0.1) is 0 Å². The number of carbonyl (C=O) groups excluding carboxylic acids is 2. The van der Waals surface area contributed by atoms with E-state index in [1.165, 1.54) is 0 Å². The molecule has 2 amide bonds. The molecule has 2 aromatic rings. The number of primary amides is 1. The molecule has 5 rings (SSSR count). The summed E-state index contributed by atoms with van der Waals surface area (Å²) in [6.45, 7) is 4.54. The summed E-state index contributed by atoms with van der Waals surface area (Å²) in [5, 5.41) is 19.5. The number of nitrogens with one attached hydrogen (secondary N) is 2. The van der Waals surface area contributed by atoms with Gasteiger partial charge in [-0.25, -0.2) is 9.94 Å². The molecule has 2 aliphatic carbocycles. The Hall–Kier alpha value is -3.19. The summed E-state index contributed by atoms with van der Waals surface area (Å²) < 4.78 is 13.9. The van der Waals surface area contributed by atoms with E-state index < -0.39 is 17.7 Å². The lowest BCUT2D eigenvalue weighted by Gasteiger charge is -2.31. The summed E-state index contributed by atoms with van der Waals surface area (Å²) in [6.07, 6.45) is 7.70. The molecule has 1 aliphatic heterocycles. The highest BCUT2D eigenvalue weighted by Crippen LogP contribution is 2.44. The molecule has 3 aliphatic rings. The lowest BCUT2D eigenvalue weighted by atomic mass is 9.92. The van der Waals surface area contributed by atoms with Gasteiger partial charge < -0.3 is 36.4 Å². The van der Waals surface area contributed by atoms with Gasteiger partial charge in [-0.15, -0.1) is 0 Å². The van der Waals surface area contributed by atoms with Gasteiger partial charge in [-0.2, -0.15) is 5.10 Å². The zero-order valence-electron chi connectivity index (χ0n) is 22.6. The molecule has 3 heterocycles. The van der Waals surface area contributed by atoms with Crippen LogP contribution < -0.4 is 26.9 Å². The molecule has 7 N–H and O–H groups in total. The fourth-order valence-corrected chi connectivity index (χ4v) is 5.19. The molecule has 2 fully saturated rings. The van der Waals surface area contributed by atoms with E-state index in [0.29, 0.717) is 35.9 Å². The van der Waals surface area contributed by atoms with Crippen LogP contribution in [0.2, 0.25) is 0 Å². The minimum atomic E-state index is -0.950. The average molecular weight is 542 g/mol. The fraction of sp³-hybridized carbons (Fsp3) is 0.593. The van der Waals surface area contributed by atoms with Crippen LogP contribution >= 0.6 is 0 Å². The topological polar surface area (TPSA) is 169 Å². The maximum atomic E-state index is 13.3. The van der Waals surface area contributed by atoms with E-state index >= 15 is 0 Å². The normalized spacial score (nSPS) is 23.6. The Bertz CT molecular complexity index is 1240. The Morgan fingerprint density at radius 2 is 1.95 bits per heavy atom. The average Bonchev–Trinajstić information content (AvgIpc) is 3.50. The summed E-state index contributed by atoms with van der Waals surface area (Å²) in [5.74, 6) is 0.341. The first-order chi connectivity index (χ1) is 18.6. The third kappa shape index (κ3) is 6.35. The summed E-state index contributed by atoms with van der Waals surface area (Å²) >= 11 is 0. The smallest absolute Gasteiger partial charge is 0.255 e. The standard InChI is InChI=1S/C27H39N7O5/c1-27(2,37)15-38-22-10-9-21-19(13-30-34(21)23(22)16-3-4-16)25(36)31-17-5-7-18(8-6-17)39-26-20(24(29)35)14-33(32-26)12-11-28/h9-10,13-14,16-18,26,32,37H,3-8,11-12,15,28H2,1-2H3,(H2,29,35)(H,31,36). The SMILES string of the molecule is CC(C)(O)COc1ccc2c(C(=O)NC3CCC(OC4NN(CCN)C=C4C(N)=O)CC3)cnn2c1C1CC1. The van der Waals surface area contributed by atoms with Crippen LogP contribution in [0.25, 0.3) is 5.52 Å². The Morgan fingerprint density at radius 1 is 1.21 bits per heavy atom. The molecule has 12 nitrogen and oxygen atoms in total. The number of aromatic nitrogens is 2. The van der Waals surface area contributed by atoms with Crippen molar-refractivity contribution in [2.24, 2.45) is 11.5 Å². The van der Waals surface area contributed by atoms with E-state index in [1.807, 2.05) is 16.6 Å². The Balaban J connectivity index is 1.19. The molecule has 0 spiro atoms. The highest BCUT2D eigenvalue weighted by atomic mass is 16.5. The van der Waals surface area contributed by atoms with Gasteiger partial charge >= 0.3 is 0 Å². The van der Waals surface area contributed by atoms with Gasteiger partial charge in [0, 0.05) is 31.2 Å². The number of nitrogens with zero attached hydrogens (tertiary/aromatic N) is 3. The molecule has 2 aromatic heterocycles. The van der Waals surface area contributed by atoms with Crippen molar-refractivity contribution in [3.63, 3.8) is 0 Å². The number of nitrogens with two attached hydrogens (primary N) is 2. The molecule has 2 saturated carbocycles. The maximum absolute atomic E-state index is 13.3. The number of fused-ring (bicyclic) bond motifs is 1. The molecule has 1 unspecified atom stereocenters. The van der Waals surface area contributed by atoms with Gasteiger partial charge in [-0.05, 0) is 64.5 Å². The van der Waals surface area contributed by atoms with Crippen LogP contribution in [0.1, 0.15) is 74.3 Å². The monoisotopic (exact) mass is 541 g/mol. The predicted molar refractivity (Wildman–Crippen MR) is 144 cm³/mol. The van der Waals surface area contributed by atoms with Gasteiger partial charge in [0.25, 0.3) is 5.91 Å². The van der Waals surface area contributed by atoms with Gasteiger partial charge in [0.15, 0.2) is 6.23 Å². The summed E-state index contributed by atoms with van der Waals surface area (Å²) in [5.41, 5.74) is 15.9. The largest absolute Gasteiger partial charge is 0.489 e. The summed E-state index contributed by atoms with van der Waals surface area (Å²) in [7, 11) is 0. The highest BCUT2D eigenvalue weighted by molar-refractivity contribution is 6.01. The van der Waals surface area contributed by atoms with Crippen molar-refractivity contribution in [3.8, 4) is 5.75 Å². The summed E-state index contributed by atoms with van der Waals surface area (Å²) in [6, 6.07) is 3.74. The third-order valence-corrected chi connectivity index (χ3v) is 7.32. The number of ether oxygens (including phenoxy) is 2. The third-order valence-electron chi connectivity index (χ3n) is 7.32. The predicted octanol–water partition coefficient (Wildman–Crippen LogP) is 0.893. The molecule has 1 atom stereocenters. The lowest BCUT2D eigenvalue weighted by Crippen LogP contribution is -2.45. The van der Waals surface area contributed by atoms with Gasteiger partial charge in [0.05, 0.1) is 40.2 Å². The molecule has 12 heteroatoms. The first-order valence-corrected chi connectivity index (χ1v) is 13.7. The number of pyridine rings is 1. The molecular formula is C27H39N7O5. The lowest BCUT2D eigenvalue weighted by molar-refractivity contribution is -0.117. The highest BCUT2D eigenvalue weighted by Gasteiger charge is 2.34. The number of hydrogen-bond donors (Lipinski definition) is 5. The fourth-order valence-electron chi connectivity index (χ4n) is 5.19. The van der Waals surface area contributed by atoms with E-state index in [0.717, 1.165) is 49.7 Å². The van der Waals surface area contributed by atoms with Crippen molar-refractivity contribution in [3.05, 3.63) is 41.4 Å². The number of hydrazine groups is 1. The Labute approximate surface area is 227 Å². The van der Waals surface area contributed by atoms with Crippen LogP contribution in [0.5, 0.6) is 5.75 Å². The zero-order valence-corrected chi connectivity index (χ0v) is 22.6. The van der Waals surface area contributed by atoms with Crippen molar-refractivity contribution in [2.75, 3.05) is 19.7 Å². The van der Waals surface area contributed by atoms with Crippen LogP contribution in [-0.4, -0.2) is 75.2 Å². The molecule has 212 valence electrons. The molecule has 0 radical (unpaired) electrons. The Morgan fingerprint density at radius 3 is 2.59 bits per heavy atom. The van der Waals surface area contributed by atoms with Gasteiger partial charge in [0.1, 0.15) is 12.4 Å². The molecule has 0 bridgehead atoms. The van der Waals surface area contributed by atoms with Crippen LogP contribution in [0.15, 0.2) is 30.1 Å². The number of rotatable bonds is 11. The quantitative estimate of drug-likeness (QED) is 0.277. The number of amides is 2. The maximum Gasteiger partial charge on any atom is 0.255 e. The summed E-state index contributed by atoms with van der Waals surface area (Å²) in [4.78, 5) is 25.1. The minimum Gasteiger partial charge on any atom is -0.489 e. The molecular weight excluding hydrogens is 502 g/mol.